The molecule has 0 saturated heterocycles. The van der Waals surface area contributed by atoms with Crippen LogP contribution in [0.5, 0.6) is 0 Å². The van der Waals surface area contributed by atoms with Crippen molar-refractivity contribution in [2.75, 3.05) is 10.6 Å². The van der Waals surface area contributed by atoms with E-state index < -0.39 is 4.92 Å². The molecule has 0 bridgehead atoms. The topological polar surface area (TPSA) is 97.2 Å². The molecule has 0 fully saturated rings. The summed E-state index contributed by atoms with van der Waals surface area (Å²) < 4.78 is 0. The van der Waals surface area contributed by atoms with E-state index in [0.717, 1.165) is 11.4 Å². The highest BCUT2D eigenvalue weighted by Gasteiger charge is 2.10. The molecule has 0 aliphatic heterocycles. The van der Waals surface area contributed by atoms with E-state index in [1.54, 1.807) is 30.5 Å². The highest BCUT2D eigenvalue weighted by molar-refractivity contribution is 5.94. The van der Waals surface area contributed by atoms with Gasteiger partial charge in [-0.1, -0.05) is 0 Å². The highest BCUT2D eigenvalue weighted by Crippen LogP contribution is 2.28. The van der Waals surface area contributed by atoms with Crippen LogP contribution in [-0.4, -0.2) is 15.8 Å². The fourth-order valence-electron chi connectivity index (χ4n) is 2.35. The van der Waals surface area contributed by atoms with Crippen LogP contribution in [0, 0.1) is 10.1 Å². The smallest absolute Gasteiger partial charge is 0.270 e. The van der Waals surface area contributed by atoms with Crippen LogP contribution in [0.2, 0.25) is 0 Å². The molecule has 0 aliphatic rings. The number of nitro groups is 1. The van der Waals surface area contributed by atoms with Gasteiger partial charge in [0.05, 0.1) is 10.4 Å². The Balaban J connectivity index is 0.00000225. The molecular formula is C17H15ClN4O3. The summed E-state index contributed by atoms with van der Waals surface area (Å²) in [6.45, 7) is 1.45. The van der Waals surface area contributed by atoms with Crippen molar-refractivity contribution in [3.8, 4) is 0 Å². The summed E-state index contributed by atoms with van der Waals surface area (Å²) in [5.74, 6) is -0.136. The van der Waals surface area contributed by atoms with Crippen LogP contribution in [-0.2, 0) is 4.79 Å². The Kier molecular flexibility index (Phi) is 5.51. The molecule has 3 rings (SSSR count). The lowest BCUT2D eigenvalue weighted by Gasteiger charge is -2.10. The van der Waals surface area contributed by atoms with E-state index >= 15 is 0 Å². The van der Waals surface area contributed by atoms with Crippen molar-refractivity contribution in [2.24, 2.45) is 0 Å². The number of carbonyl (C=O) groups excluding carboxylic acids is 1. The lowest BCUT2D eigenvalue weighted by molar-refractivity contribution is -0.384. The number of fused-ring (bicyclic) bond motifs is 1. The minimum atomic E-state index is -0.432. The van der Waals surface area contributed by atoms with Gasteiger partial charge >= 0.3 is 0 Å². The molecule has 25 heavy (non-hydrogen) atoms. The fraction of sp³-hybridized carbons (Fsp3) is 0.0588. The largest absolute Gasteiger partial charge is 0.355 e. The molecule has 8 heteroatoms. The van der Waals surface area contributed by atoms with Gasteiger partial charge in [0.1, 0.15) is 0 Å². The number of hydrogen-bond donors (Lipinski definition) is 2. The first-order valence-electron chi connectivity index (χ1n) is 7.21. The van der Waals surface area contributed by atoms with E-state index in [1.807, 2.05) is 12.1 Å². The molecule has 0 radical (unpaired) electrons. The van der Waals surface area contributed by atoms with Gasteiger partial charge in [0.2, 0.25) is 5.91 Å². The maximum Gasteiger partial charge on any atom is 0.270 e. The third kappa shape index (κ3) is 4.21. The van der Waals surface area contributed by atoms with Crippen molar-refractivity contribution in [1.29, 1.82) is 0 Å². The number of benzene rings is 2. The number of rotatable bonds is 4. The molecule has 0 spiro atoms. The average Bonchev–Trinajstić information content (AvgIpc) is 2.56. The minimum absolute atomic E-state index is 0. The van der Waals surface area contributed by atoms with E-state index in [-0.39, 0.29) is 24.0 Å². The Morgan fingerprint density at radius 1 is 1.08 bits per heavy atom. The first-order chi connectivity index (χ1) is 11.5. The quantitative estimate of drug-likeness (QED) is 0.536. The van der Waals surface area contributed by atoms with Gasteiger partial charge in [-0.15, -0.1) is 12.4 Å². The Morgan fingerprint density at radius 3 is 2.40 bits per heavy atom. The molecule has 1 aromatic heterocycles. The Morgan fingerprint density at radius 2 is 1.76 bits per heavy atom. The van der Waals surface area contributed by atoms with Crippen LogP contribution >= 0.6 is 12.4 Å². The van der Waals surface area contributed by atoms with Gasteiger partial charge in [0.25, 0.3) is 5.69 Å². The van der Waals surface area contributed by atoms with Gasteiger partial charge in [0, 0.05) is 47.7 Å². The van der Waals surface area contributed by atoms with Crippen LogP contribution < -0.4 is 10.6 Å². The zero-order valence-corrected chi connectivity index (χ0v) is 14.0. The number of aromatic nitrogens is 1. The molecule has 0 saturated carbocycles. The maximum atomic E-state index is 11.0. The number of pyridine rings is 1. The van der Waals surface area contributed by atoms with Gasteiger partial charge in [0.15, 0.2) is 0 Å². The molecular weight excluding hydrogens is 344 g/mol. The number of nitrogens with one attached hydrogen (secondary N) is 2. The zero-order valence-electron chi connectivity index (χ0n) is 13.2. The normalized spacial score (nSPS) is 9.96. The van der Waals surface area contributed by atoms with E-state index in [2.05, 4.69) is 15.6 Å². The summed E-state index contributed by atoms with van der Waals surface area (Å²) in [5.41, 5.74) is 2.89. The summed E-state index contributed by atoms with van der Waals surface area (Å²) >= 11 is 0. The van der Waals surface area contributed by atoms with Crippen LogP contribution in [0.1, 0.15) is 6.92 Å². The van der Waals surface area contributed by atoms with Gasteiger partial charge in [-0.2, -0.15) is 0 Å². The number of hydrogen-bond acceptors (Lipinski definition) is 5. The number of nitro benzene ring substituents is 1. The number of anilines is 3. The standard InChI is InChI=1S/C17H14N4O3.ClH/c1-11(22)19-12-2-4-13(5-3-12)20-17-8-9-18-16-7-6-14(21(23)24)10-15(16)17;/h2-10H,1H3,(H,18,20)(H,19,22);1H. The van der Waals surface area contributed by atoms with Crippen LogP contribution in [0.3, 0.4) is 0 Å². The summed E-state index contributed by atoms with van der Waals surface area (Å²) in [6.07, 6.45) is 1.64. The van der Waals surface area contributed by atoms with Crippen LogP contribution in [0.15, 0.2) is 54.7 Å². The van der Waals surface area contributed by atoms with Crippen LogP contribution in [0.4, 0.5) is 22.7 Å². The summed E-state index contributed by atoms with van der Waals surface area (Å²) in [5, 5.41) is 17.5. The molecule has 2 N–H and O–H groups in total. The second-order valence-electron chi connectivity index (χ2n) is 5.20. The van der Waals surface area contributed by atoms with E-state index in [1.165, 1.54) is 19.1 Å². The second kappa shape index (κ2) is 7.59. The van der Waals surface area contributed by atoms with Crippen molar-refractivity contribution < 1.29 is 9.72 Å². The lowest BCUT2D eigenvalue weighted by Crippen LogP contribution is -2.05. The molecule has 128 valence electrons. The summed E-state index contributed by atoms with van der Waals surface area (Å²) in [4.78, 5) is 25.8. The number of carbonyl (C=O) groups is 1. The van der Waals surface area contributed by atoms with Gasteiger partial charge in [-0.3, -0.25) is 19.9 Å². The zero-order chi connectivity index (χ0) is 17.1. The third-order valence-electron chi connectivity index (χ3n) is 3.42. The molecule has 0 atom stereocenters. The first-order valence-corrected chi connectivity index (χ1v) is 7.21. The Labute approximate surface area is 149 Å². The Bertz CT molecular complexity index is 929. The van der Waals surface area contributed by atoms with E-state index in [4.69, 9.17) is 0 Å². The number of halogens is 1. The fourth-order valence-corrected chi connectivity index (χ4v) is 2.35. The monoisotopic (exact) mass is 358 g/mol. The van der Waals surface area contributed by atoms with Crippen molar-refractivity contribution in [3.63, 3.8) is 0 Å². The maximum absolute atomic E-state index is 11.0. The molecule has 2 aromatic carbocycles. The van der Waals surface area contributed by atoms with Gasteiger partial charge in [-0.25, -0.2) is 0 Å². The second-order valence-corrected chi connectivity index (χ2v) is 5.20. The summed E-state index contributed by atoms with van der Waals surface area (Å²) in [6, 6.07) is 13.5. The molecule has 1 amide bonds. The van der Waals surface area contributed by atoms with Crippen molar-refractivity contribution in [2.45, 2.75) is 6.92 Å². The number of amides is 1. The van der Waals surface area contributed by atoms with E-state index in [0.29, 0.717) is 16.6 Å². The molecule has 0 aliphatic carbocycles. The van der Waals surface area contributed by atoms with Crippen molar-refractivity contribution in [3.05, 3.63) is 64.8 Å². The molecule has 0 unspecified atom stereocenters. The lowest BCUT2D eigenvalue weighted by atomic mass is 10.1. The number of non-ortho nitro benzene ring substituents is 1. The molecule has 1 heterocycles. The van der Waals surface area contributed by atoms with E-state index in [9.17, 15) is 14.9 Å². The third-order valence-corrected chi connectivity index (χ3v) is 3.42. The van der Waals surface area contributed by atoms with Gasteiger partial charge < -0.3 is 10.6 Å². The van der Waals surface area contributed by atoms with Crippen molar-refractivity contribution >= 4 is 52.0 Å². The predicted octanol–water partition coefficient (Wildman–Crippen LogP) is 4.27. The van der Waals surface area contributed by atoms with Crippen molar-refractivity contribution in [1.82, 2.24) is 4.98 Å². The Hall–Kier alpha value is -3.19. The van der Waals surface area contributed by atoms with Gasteiger partial charge in [-0.05, 0) is 36.4 Å². The number of nitrogens with zero attached hydrogens (tertiary/aromatic N) is 2. The minimum Gasteiger partial charge on any atom is -0.355 e. The summed E-state index contributed by atoms with van der Waals surface area (Å²) in [7, 11) is 0. The predicted molar refractivity (Wildman–Crippen MR) is 99.7 cm³/mol. The first kappa shape index (κ1) is 18.2. The average molecular weight is 359 g/mol. The van der Waals surface area contributed by atoms with Crippen LogP contribution in [0.25, 0.3) is 10.9 Å². The SMILES string of the molecule is CC(=O)Nc1ccc(Nc2ccnc3ccc([N+](=O)[O-])cc23)cc1.Cl. The molecule has 3 aromatic rings. The highest BCUT2D eigenvalue weighted by atomic mass is 35.5. The molecule has 7 nitrogen and oxygen atoms in total.